The minimum absolute atomic E-state index is 0.100. The Hall–Kier alpha value is -1.33. The second-order valence-corrected chi connectivity index (χ2v) is 25.2. The molecule has 0 fully saturated rings. The highest BCUT2D eigenvalue weighted by molar-refractivity contribution is 7.89. The summed E-state index contributed by atoms with van der Waals surface area (Å²) in [6, 6.07) is 3.35. The highest BCUT2D eigenvalue weighted by atomic mass is 32.2. The molecule has 2 heterocycles. The average molecular weight is 581 g/mol. The van der Waals surface area contributed by atoms with Gasteiger partial charge in [0.1, 0.15) is 0 Å². The minimum atomic E-state index is -3.35. The van der Waals surface area contributed by atoms with Crippen molar-refractivity contribution in [1.82, 2.24) is 18.4 Å². The van der Waals surface area contributed by atoms with Gasteiger partial charge in [-0.25, -0.2) is 16.8 Å². The molecule has 2 rings (SSSR count). The molecule has 0 unspecified atom stereocenters. The van der Waals surface area contributed by atoms with E-state index >= 15 is 0 Å². The van der Waals surface area contributed by atoms with Crippen molar-refractivity contribution in [3.8, 4) is 0 Å². The summed E-state index contributed by atoms with van der Waals surface area (Å²) in [5.74, 6) is 0. The van der Waals surface area contributed by atoms with Crippen molar-refractivity contribution in [2.45, 2.75) is 91.0 Å². The zero-order valence-electron chi connectivity index (χ0n) is 23.8. The van der Waals surface area contributed by atoms with Crippen molar-refractivity contribution in [1.29, 1.82) is 0 Å². The van der Waals surface area contributed by atoms with Crippen LogP contribution in [0.5, 0.6) is 0 Å². The minimum Gasteiger partial charge on any atom is -0.411 e. The molecule has 10 nitrogen and oxygen atoms in total. The molecule has 0 aliphatic carbocycles. The molecular weight excluding hydrogens is 537 g/mol. The SMILES string of the molecule is CC(C)(C)[Si](C)(C)OCc1ccn(S(C)(=O)=O)n1.CC(C)(C)[Si](C)(C)OCc1ccnn1S(C)(=O)=O. The van der Waals surface area contributed by atoms with Gasteiger partial charge in [0.15, 0.2) is 16.6 Å². The van der Waals surface area contributed by atoms with E-state index in [-0.39, 0.29) is 16.7 Å². The van der Waals surface area contributed by atoms with Crippen LogP contribution in [0.4, 0.5) is 0 Å². The first-order valence-electron chi connectivity index (χ1n) is 11.6. The lowest BCUT2D eigenvalue weighted by Gasteiger charge is -2.36. The molecule has 0 spiro atoms. The molecule has 2 aromatic rings. The van der Waals surface area contributed by atoms with Gasteiger partial charge in [-0.3, -0.25) is 0 Å². The fourth-order valence-corrected chi connectivity index (χ4v) is 5.45. The summed E-state index contributed by atoms with van der Waals surface area (Å²) in [5.41, 5.74) is 1.22. The molecule has 14 heteroatoms. The maximum atomic E-state index is 11.5. The lowest BCUT2D eigenvalue weighted by molar-refractivity contribution is 0.270. The van der Waals surface area contributed by atoms with Crippen molar-refractivity contribution in [3.05, 3.63) is 35.9 Å². The molecule has 0 radical (unpaired) electrons. The molecule has 0 saturated heterocycles. The zero-order chi connectivity index (χ0) is 28.4. The number of rotatable bonds is 8. The van der Waals surface area contributed by atoms with Crippen LogP contribution in [0.2, 0.25) is 36.3 Å². The molecule has 0 bridgehead atoms. The van der Waals surface area contributed by atoms with E-state index in [4.69, 9.17) is 8.85 Å². The Bertz CT molecular complexity index is 1220. The van der Waals surface area contributed by atoms with Gasteiger partial charge in [0, 0.05) is 6.20 Å². The van der Waals surface area contributed by atoms with Crippen LogP contribution in [0.1, 0.15) is 52.9 Å². The Morgan fingerprint density at radius 2 is 1.28 bits per heavy atom. The second kappa shape index (κ2) is 11.2. The van der Waals surface area contributed by atoms with Crippen molar-refractivity contribution < 1.29 is 25.7 Å². The highest BCUT2D eigenvalue weighted by Gasteiger charge is 2.38. The Morgan fingerprint density at radius 3 is 1.67 bits per heavy atom. The molecule has 0 aliphatic rings. The number of hydrogen-bond donors (Lipinski definition) is 0. The summed E-state index contributed by atoms with van der Waals surface area (Å²) in [6.45, 7) is 22.1. The summed E-state index contributed by atoms with van der Waals surface area (Å²) in [5, 5.41) is 8.04. The Kier molecular flexibility index (Phi) is 10.2. The monoisotopic (exact) mass is 580 g/mol. The predicted octanol–water partition coefficient (Wildman–Crippen LogP) is 4.43. The smallest absolute Gasteiger partial charge is 0.251 e. The van der Waals surface area contributed by atoms with Gasteiger partial charge >= 0.3 is 0 Å². The van der Waals surface area contributed by atoms with Crippen LogP contribution in [-0.4, -0.2) is 64.4 Å². The van der Waals surface area contributed by atoms with Crippen molar-refractivity contribution in [3.63, 3.8) is 0 Å². The summed E-state index contributed by atoms with van der Waals surface area (Å²) in [6.07, 6.45) is 5.18. The van der Waals surface area contributed by atoms with Gasteiger partial charge in [0.25, 0.3) is 20.0 Å². The number of hydrogen-bond acceptors (Lipinski definition) is 8. The highest BCUT2D eigenvalue weighted by Crippen LogP contribution is 2.37. The largest absolute Gasteiger partial charge is 0.411 e. The molecule has 208 valence electrons. The third kappa shape index (κ3) is 9.21. The van der Waals surface area contributed by atoms with Crippen LogP contribution in [0, 0.1) is 0 Å². The fourth-order valence-electron chi connectivity index (χ4n) is 2.27. The van der Waals surface area contributed by atoms with Gasteiger partial charge in [0.2, 0.25) is 0 Å². The molecule has 2 aromatic heterocycles. The maximum Gasteiger partial charge on any atom is 0.251 e. The molecule has 36 heavy (non-hydrogen) atoms. The second-order valence-electron chi connectivity index (χ2n) is 12.0. The normalized spacial score (nSPS) is 13.9. The number of aromatic nitrogens is 4. The van der Waals surface area contributed by atoms with Crippen LogP contribution in [0.25, 0.3) is 0 Å². The Morgan fingerprint density at radius 1 is 0.806 bits per heavy atom. The van der Waals surface area contributed by atoms with Crippen molar-refractivity contribution in [2.75, 3.05) is 12.5 Å². The van der Waals surface area contributed by atoms with E-state index in [9.17, 15) is 16.8 Å². The van der Waals surface area contributed by atoms with Gasteiger partial charge in [-0.05, 0) is 48.4 Å². The van der Waals surface area contributed by atoms with Crippen LogP contribution in [0.15, 0.2) is 24.5 Å². The summed E-state index contributed by atoms with van der Waals surface area (Å²) >= 11 is 0. The van der Waals surface area contributed by atoms with E-state index in [0.29, 0.717) is 18.0 Å². The van der Waals surface area contributed by atoms with Gasteiger partial charge in [-0.15, -0.1) is 0 Å². The predicted molar refractivity (Wildman–Crippen MR) is 149 cm³/mol. The molecule has 0 saturated carbocycles. The first-order chi connectivity index (χ1) is 15.9. The van der Waals surface area contributed by atoms with Crippen molar-refractivity contribution in [2.24, 2.45) is 0 Å². The lowest BCUT2D eigenvalue weighted by atomic mass is 10.2. The van der Waals surface area contributed by atoms with Crippen molar-refractivity contribution >= 4 is 36.7 Å². The molecule has 0 atom stereocenters. The van der Waals surface area contributed by atoms with Crippen LogP contribution in [0.3, 0.4) is 0 Å². The van der Waals surface area contributed by atoms with E-state index < -0.39 is 36.7 Å². The molecule has 0 amide bonds. The average Bonchev–Trinajstić information content (AvgIpc) is 3.32. The van der Waals surface area contributed by atoms with E-state index in [1.165, 1.54) is 12.4 Å². The number of nitrogens with zero attached hydrogens (tertiary/aromatic N) is 4. The van der Waals surface area contributed by atoms with Crippen LogP contribution in [-0.2, 0) is 42.1 Å². The van der Waals surface area contributed by atoms with Gasteiger partial charge in [0.05, 0.1) is 43.3 Å². The van der Waals surface area contributed by atoms with E-state index in [1.807, 2.05) is 0 Å². The zero-order valence-corrected chi connectivity index (χ0v) is 27.4. The summed E-state index contributed by atoms with van der Waals surface area (Å²) in [4.78, 5) is 0. The standard InChI is InChI=1S/2C11H22N2O3SSi/c1-11(2,3)18(5,6)16-9-10-7-8-13(12-10)17(4,14)15;1-11(2,3)18(5,6)16-9-10-7-8-12-13(10)17(4,14)15/h2*7-8H,9H2,1-6H3. The van der Waals surface area contributed by atoms with E-state index in [1.54, 1.807) is 12.1 Å². The summed E-state index contributed by atoms with van der Waals surface area (Å²) in [7, 11) is -10.4. The molecule has 0 aromatic carbocycles. The summed E-state index contributed by atoms with van der Waals surface area (Å²) < 4.78 is 59.5. The first kappa shape index (κ1) is 32.7. The fraction of sp³-hybridized carbons (Fsp3) is 0.727. The molecule has 0 N–H and O–H groups in total. The Labute approximate surface area is 219 Å². The molecule has 0 aliphatic heterocycles. The third-order valence-electron chi connectivity index (χ3n) is 6.73. The van der Waals surface area contributed by atoms with Crippen LogP contribution >= 0.6 is 0 Å². The third-order valence-corrected chi connectivity index (χ3v) is 17.5. The Balaban J connectivity index is 0.000000360. The van der Waals surface area contributed by atoms with Gasteiger partial charge in [-0.1, -0.05) is 41.5 Å². The topological polar surface area (TPSA) is 122 Å². The lowest BCUT2D eigenvalue weighted by Crippen LogP contribution is -2.40. The van der Waals surface area contributed by atoms with Gasteiger partial charge < -0.3 is 8.85 Å². The molecular formula is C22H44N4O6S2Si2. The first-order valence-corrected chi connectivity index (χ1v) is 21.2. The van der Waals surface area contributed by atoms with Gasteiger partial charge in [-0.2, -0.15) is 18.4 Å². The van der Waals surface area contributed by atoms with Crippen LogP contribution < -0.4 is 0 Å². The maximum absolute atomic E-state index is 11.5. The van der Waals surface area contributed by atoms with E-state index in [0.717, 1.165) is 20.7 Å². The van der Waals surface area contributed by atoms with E-state index in [2.05, 4.69) is 77.9 Å². The quantitative estimate of drug-likeness (QED) is 0.420.